The molecule has 0 spiro atoms. The second-order valence-electron chi connectivity index (χ2n) is 10.2. The van der Waals surface area contributed by atoms with Crippen LogP contribution in [0.25, 0.3) is 6.08 Å². The van der Waals surface area contributed by atoms with E-state index in [4.69, 9.17) is 25.8 Å². The van der Waals surface area contributed by atoms with Gasteiger partial charge < -0.3 is 14.2 Å². The minimum atomic E-state index is -0.851. The summed E-state index contributed by atoms with van der Waals surface area (Å²) >= 11 is 9.72. The predicted molar refractivity (Wildman–Crippen MR) is 172 cm³/mol. The van der Waals surface area contributed by atoms with Crippen molar-refractivity contribution in [3.05, 3.63) is 122 Å². The van der Waals surface area contributed by atoms with Crippen molar-refractivity contribution >= 4 is 57.1 Å². The Hall–Kier alpha value is -4.60. The fourth-order valence-corrected chi connectivity index (χ4v) is 5.56. The molecule has 4 aromatic rings. The average Bonchev–Trinajstić information content (AvgIpc) is 2.98. The molecule has 4 amide bonds. The van der Waals surface area contributed by atoms with E-state index in [1.165, 1.54) is 13.2 Å². The van der Waals surface area contributed by atoms with Crippen molar-refractivity contribution in [3.8, 4) is 17.2 Å². The summed E-state index contributed by atoms with van der Waals surface area (Å²) < 4.78 is 18.0. The molecular formula is C34H28BrClN2O6. The van der Waals surface area contributed by atoms with Gasteiger partial charge in [-0.3, -0.25) is 14.9 Å². The van der Waals surface area contributed by atoms with Gasteiger partial charge >= 0.3 is 6.03 Å². The summed E-state index contributed by atoms with van der Waals surface area (Å²) in [4.78, 5) is 39.9. The lowest BCUT2D eigenvalue weighted by atomic mass is 10.1. The second kappa shape index (κ2) is 13.4. The van der Waals surface area contributed by atoms with Gasteiger partial charge in [0.2, 0.25) is 0 Å². The molecule has 224 valence electrons. The van der Waals surface area contributed by atoms with Gasteiger partial charge in [-0.15, -0.1) is 0 Å². The van der Waals surface area contributed by atoms with Crippen LogP contribution in [-0.4, -0.2) is 25.0 Å². The maximum Gasteiger partial charge on any atom is 0.335 e. The topological polar surface area (TPSA) is 94.2 Å². The zero-order valence-corrected chi connectivity index (χ0v) is 26.5. The molecule has 5 rings (SSSR count). The number of nitrogens with one attached hydrogen (secondary N) is 1. The first-order valence-electron chi connectivity index (χ1n) is 13.6. The van der Waals surface area contributed by atoms with E-state index in [1.54, 1.807) is 42.5 Å². The molecule has 1 aliphatic heterocycles. The van der Waals surface area contributed by atoms with E-state index in [0.717, 1.165) is 27.2 Å². The van der Waals surface area contributed by atoms with Crippen LogP contribution in [0.1, 0.15) is 27.8 Å². The Kier molecular flexibility index (Phi) is 9.37. The third kappa shape index (κ3) is 6.96. The zero-order valence-electron chi connectivity index (χ0n) is 24.1. The number of anilines is 1. The Morgan fingerprint density at radius 2 is 1.59 bits per heavy atom. The third-order valence-electron chi connectivity index (χ3n) is 6.78. The van der Waals surface area contributed by atoms with E-state index >= 15 is 0 Å². The Morgan fingerprint density at radius 3 is 2.27 bits per heavy atom. The van der Waals surface area contributed by atoms with E-state index in [9.17, 15) is 14.4 Å². The van der Waals surface area contributed by atoms with Gasteiger partial charge in [-0.2, -0.15) is 0 Å². The average molecular weight is 676 g/mol. The molecule has 0 aliphatic carbocycles. The van der Waals surface area contributed by atoms with Gasteiger partial charge in [0, 0.05) is 10.6 Å². The molecule has 1 aliphatic rings. The molecule has 0 saturated carbocycles. The van der Waals surface area contributed by atoms with Gasteiger partial charge in [-0.1, -0.05) is 59.1 Å². The van der Waals surface area contributed by atoms with Crippen LogP contribution in [-0.2, 0) is 22.8 Å². The van der Waals surface area contributed by atoms with Crippen molar-refractivity contribution in [3.63, 3.8) is 0 Å². The first kappa shape index (κ1) is 30.8. The summed E-state index contributed by atoms with van der Waals surface area (Å²) in [5.41, 5.74) is 4.64. The van der Waals surface area contributed by atoms with Crippen LogP contribution in [0, 0.1) is 13.8 Å². The molecule has 10 heteroatoms. The van der Waals surface area contributed by atoms with Crippen LogP contribution >= 0.6 is 27.5 Å². The van der Waals surface area contributed by atoms with Crippen molar-refractivity contribution in [2.75, 3.05) is 12.0 Å². The van der Waals surface area contributed by atoms with E-state index in [2.05, 4.69) is 27.3 Å². The first-order chi connectivity index (χ1) is 21.1. The smallest absolute Gasteiger partial charge is 0.335 e. The number of hydrogen-bond acceptors (Lipinski definition) is 6. The molecule has 0 unspecified atom stereocenters. The zero-order chi connectivity index (χ0) is 31.4. The van der Waals surface area contributed by atoms with Crippen molar-refractivity contribution in [1.29, 1.82) is 0 Å². The molecule has 1 fully saturated rings. The Morgan fingerprint density at radius 1 is 0.886 bits per heavy atom. The SMILES string of the molecule is COc1cc(/C=C2\C(=O)NC(=O)N(c3ccc(OCc4ccccc4Cl)cc3)C2=O)cc(Br)c1OCc1cc(C)cc(C)c1. The summed E-state index contributed by atoms with van der Waals surface area (Å²) in [5, 5.41) is 2.83. The van der Waals surface area contributed by atoms with E-state index in [0.29, 0.717) is 38.9 Å². The van der Waals surface area contributed by atoms with Crippen molar-refractivity contribution < 1.29 is 28.6 Å². The van der Waals surface area contributed by atoms with E-state index in [-0.39, 0.29) is 17.9 Å². The Labute approximate surface area is 268 Å². The minimum absolute atomic E-state index is 0.221. The molecule has 0 radical (unpaired) electrons. The van der Waals surface area contributed by atoms with Crippen LogP contribution in [0.15, 0.2) is 88.9 Å². The number of methoxy groups -OCH3 is 1. The van der Waals surface area contributed by atoms with Crippen LogP contribution in [0.4, 0.5) is 10.5 Å². The molecule has 44 heavy (non-hydrogen) atoms. The summed E-state index contributed by atoms with van der Waals surface area (Å²) in [6.07, 6.45) is 1.40. The maximum absolute atomic E-state index is 13.5. The Bertz CT molecular complexity index is 1770. The molecule has 8 nitrogen and oxygen atoms in total. The lowest BCUT2D eigenvalue weighted by Crippen LogP contribution is -2.54. The third-order valence-corrected chi connectivity index (χ3v) is 7.73. The molecule has 4 aromatic carbocycles. The second-order valence-corrected chi connectivity index (χ2v) is 11.4. The largest absolute Gasteiger partial charge is 0.493 e. The van der Waals surface area contributed by atoms with Crippen LogP contribution < -0.4 is 24.4 Å². The summed E-state index contributed by atoms with van der Waals surface area (Å²) in [6.45, 7) is 4.62. The van der Waals surface area contributed by atoms with E-state index in [1.807, 2.05) is 44.2 Å². The number of carbonyl (C=O) groups is 3. The number of halogens is 2. The molecule has 0 aromatic heterocycles. The van der Waals surface area contributed by atoms with Crippen LogP contribution in [0.5, 0.6) is 17.2 Å². The van der Waals surface area contributed by atoms with Gasteiger partial charge in [-0.25, -0.2) is 9.69 Å². The van der Waals surface area contributed by atoms with Gasteiger partial charge in [-0.05, 0) is 89.4 Å². The molecule has 0 bridgehead atoms. The van der Waals surface area contributed by atoms with Gasteiger partial charge in [0.25, 0.3) is 11.8 Å². The van der Waals surface area contributed by atoms with Crippen LogP contribution in [0.2, 0.25) is 5.02 Å². The number of hydrogen-bond donors (Lipinski definition) is 1. The Balaban J connectivity index is 1.35. The molecule has 1 heterocycles. The van der Waals surface area contributed by atoms with Crippen molar-refractivity contribution in [2.24, 2.45) is 0 Å². The number of urea groups is 1. The lowest BCUT2D eigenvalue weighted by molar-refractivity contribution is -0.122. The number of barbiturate groups is 1. The predicted octanol–water partition coefficient (Wildman–Crippen LogP) is 7.55. The molecule has 1 saturated heterocycles. The summed E-state index contributed by atoms with van der Waals surface area (Å²) in [6, 6.07) is 22.4. The van der Waals surface area contributed by atoms with E-state index < -0.39 is 17.8 Å². The number of carbonyl (C=O) groups excluding carboxylic acids is 3. The first-order valence-corrected chi connectivity index (χ1v) is 14.8. The monoisotopic (exact) mass is 674 g/mol. The minimum Gasteiger partial charge on any atom is -0.493 e. The highest BCUT2D eigenvalue weighted by Gasteiger charge is 2.37. The standard InChI is InChI=1S/C34H28BrClN2O6/c1-20-12-21(2)14-23(13-20)18-44-31-28(35)16-22(17-30(31)42-3)15-27-32(39)37-34(41)38(33(27)40)25-8-10-26(11-9-25)43-19-24-6-4-5-7-29(24)36/h4-17H,18-19H2,1-3H3,(H,37,39,41)/b27-15+. The fraction of sp³-hybridized carbons (Fsp3) is 0.147. The van der Waals surface area contributed by atoms with Gasteiger partial charge in [0.05, 0.1) is 17.3 Å². The fourth-order valence-electron chi connectivity index (χ4n) is 4.80. The number of rotatable bonds is 9. The maximum atomic E-state index is 13.5. The molecule has 0 atom stereocenters. The molecular weight excluding hydrogens is 648 g/mol. The highest BCUT2D eigenvalue weighted by Crippen LogP contribution is 2.38. The highest BCUT2D eigenvalue weighted by molar-refractivity contribution is 9.10. The number of amides is 4. The number of imide groups is 2. The molecule has 1 N–H and O–H groups in total. The van der Waals surface area contributed by atoms with Gasteiger partial charge in [0.15, 0.2) is 11.5 Å². The summed E-state index contributed by atoms with van der Waals surface area (Å²) in [5.74, 6) is -0.182. The lowest BCUT2D eigenvalue weighted by Gasteiger charge is -2.26. The summed E-state index contributed by atoms with van der Waals surface area (Å²) in [7, 11) is 1.50. The van der Waals surface area contributed by atoms with Crippen LogP contribution in [0.3, 0.4) is 0 Å². The number of aryl methyl sites for hydroxylation is 2. The normalized spacial score (nSPS) is 14.1. The van der Waals surface area contributed by atoms with Crippen molar-refractivity contribution in [1.82, 2.24) is 5.32 Å². The highest BCUT2D eigenvalue weighted by atomic mass is 79.9. The quantitative estimate of drug-likeness (QED) is 0.145. The number of ether oxygens (including phenoxy) is 3. The number of benzene rings is 4. The van der Waals surface area contributed by atoms with Crippen molar-refractivity contribution in [2.45, 2.75) is 27.1 Å². The van der Waals surface area contributed by atoms with Gasteiger partial charge in [0.1, 0.15) is 24.5 Å². The number of nitrogens with zero attached hydrogens (tertiary/aromatic N) is 1.